The summed E-state index contributed by atoms with van der Waals surface area (Å²) in [6.07, 6.45) is 0. The monoisotopic (exact) mass is 244 g/mol. The number of carbonyl (C=O) groups is 1. The van der Waals surface area contributed by atoms with Crippen LogP contribution < -0.4 is 10.9 Å². The van der Waals surface area contributed by atoms with Gasteiger partial charge in [-0.3, -0.25) is 9.80 Å². The van der Waals surface area contributed by atoms with Crippen molar-refractivity contribution in [3.63, 3.8) is 0 Å². The predicted octanol–water partition coefficient (Wildman–Crippen LogP) is 1.21. The summed E-state index contributed by atoms with van der Waals surface area (Å²) in [7, 11) is 0. The number of rotatable bonds is 3. The summed E-state index contributed by atoms with van der Waals surface area (Å²) in [5.74, 6) is 4.53. The molecule has 70 valence electrons. The lowest BCUT2D eigenvalue weighted by atomic mass is 10.3. The van der Waals surface area contributed by atoms with Crippen molar-refractivity contribution in [1.82, 2.24) is 0 Å². The van der Waals surface area contributed by atoms with Crippen LogP contribution in [0.15, 0.2) is 28.7 Å². The van der Waals surface area contributed by atoms with Crippen LogP contribution in [0.5, 0.6) is 0 Å². The molecule has 5 heteroatoms. The highest BCUT2D eigenvalue weighted by atomic mass is 79.9. The van der Waals surface area contributed by atoms with E-state index in [0.29, 0.717) is 5.69 Å². The summed E-state index contributed by atoms with van der Waals surface area (Å²) >= 11 is 3.27. The van der Waals surface area contributed by atoms with Crippen molar-refractivity contribution in [3.05, 3.63) is 28.7 Å². The van der Waals surface area contributed by atoms with Gasteiger partial charge in [-0.1, -0.05) is 15.9 Å². The van der Waals surface area contributed by atoms with Gasteiger partial charge >= 0.3 is 5.97 Å². The molecule has 0 aromatic heterocycles. The molecule has 0 atom stereocenters. The van der Waals surface area contributed by atoms with Gasteiger partial charge < -0.3 is 5.11 Å². The minimum atomic E-state index is -0.953. The Labute approximate surface area is 84.1 Å². The Kier molecular flexibility index (Phi) is 3.27. The van der Waals surface area contributed by atoms with E-state index in [2.05, 4.69) is 15.9 Å². The van der Waals surface area contributed by atoms with Crippen molar-refractivity contribution in [1.29, 1.82) is 0 Å². The second kappa shape index (κ2) is 4.25. The lowest BCUT2D eigenvalue weighted by molar-refractivity contribution is -0.135. The molecule has 1 aromatic rings. The number of anilines is 1. The lowest BCUT2D eigenvalue weighted by Gasteiger charge is -2.15. The molecule has 0 spiro atoms. The number of nitrogens with zero attached hydrogens (tertiary/aromatic N) is 1. The van der Waals surface area contributed by atoms with Gasteiger partial charge in [-0.2, -0.15) is 0 Å². The van der Waals surface area contributed by atoms with E-state index in [0.717, 1.165) is 4.47 Å². The second-order valence-corrected chi connectivity index (χ2v) is 3.41. The van der Waals surface area contributed by atoms with E-state index in [-0.39, 0.29) is 6.54 Å². The van der Waals surface area contributed by atoms with Gasteiger partial charge in [0, 0.05) is 4.47 Å². The van der Waals surface area contributed by atoms with Crippen LogP contribution in [0, 0.1) is 0 Å². The molecule has 0 radical (unpaired) electrons. The zero-order valence-corrected chi connectivity index (χ0v) is 8.36. The third-order valence-corrected chi connectivity index (χ3v) is 1.99. The lowest BCUT2D eigenvalue weighted by Crippen LogP contribution is -2.35. The number of carboxylic acid groups (broad SMARTS) is 1. The van der Waals surface area contributed by atoms with E-state index < -0.39 is 5.97 Å². The van der Waals surface area contributed by atoms with Crippen molar-refractivity contribution in [2.75, 3.05) is 11.6 Å². The first-order valence-electron chi connectivity index (χ1n) is 3.59. The van der Waals surface area contributed by atoms with Gasteiger partial charge in [0.05, 0.1) is 5.69 Å². The zero-order valence-electron chi connectivity index (χ0n) is 6.77. The van der Waals surface area contributed by atoms with Crippen LogP contribution in [-0.4, -0.2) is 17.6 Å². The number of hydrazine groups is 1. The summed E-state index contributed by atoms with van der Waals surface area (Å²) in [5.41, 5.74) is 0.672. The zero-order chi connectivity index (χ0) is 9.84. The normalized spacial score (nSPS) is 9.69. The van der Waals surface area contributed by atoms with Gasteiger partial charge in [-0.25, -0.2) is 5.84 Å². The average Bonchev–Trinajstić information content (AvgIpc) is 2.04. The molecule has 0 unspecified atom stereocenters. The average molecular weight is 245 g/mol. The molecule has 13 heavy (non-hydrogen) atoms. The van der Waals surface area contributed by atoms with E-state index in [1.807, 2.05) is 0 Å². The molecule has 0 saturated carbocycles. The minimum absolute atomic E-state index is 0.207. The van der Waals surface area contributed by atoms with Crippen LogP contribution in [0.1, 0.15) is 0 Å². The Morgan fingerprint density at radius 1 is 1.46 bits per heavy atom. The maximum absolute atomic E-state index is 10.3. The highest BCUT2D eigenvalue weighted by Crippen LogP contribution is 2.15. The van der Waals surface area contributed by atoms with Crippen molar-refractivity contribution in [2.45, 2.75) is 0 Å². The molecule has 1 rings (SSSR count). The number of hydrogen-bond donors (Lipinski definition) is 2. The van der Waals surface area contributed by atoms with Crippen LogP contribution in [0.4, 0.5) is 5.69 Å². The quantitative estimate of drug-likeness (QED) is 0.620. The topological polar surface area (TPSA) is 66.6 Å². The SMILES string of the molecule is NN(CC(=O)O)c1ccc(Br)cc1. The molecule has 0 aliphatic rings. The Morgan fingerprint density at radius 2 is 2.00 bits per heavy atom. The molecule has 1 aromatic carbocycles. The van der Waals surface area contributed by atoms with Gasteiger partial charge in [0.15, 0.2) is 0 Å². The Bertz CT molecular complexity index is 300. The highest BCUT2D eigenvalue weighted by molar-refractivity contribution is 9.10. The first-order chi connectivity index (χ1) is 6.09. The van der Waals surface area contributed by atoms with E-state index >= 15 is 0 Å². The molecule has 0 aliphatic heterocycles. The van der Waals surface area contributed by atoms with Crippen molar-refractivity contribution < 1.29 is 9.90 Å². The minimum Gasteiger partial charge on any atom is -0.480 e. The van der Waals surface area contributed by atoms with Crippen molar-refractivity contribution in [3.8, 4) is 0 Å². The first-order valence-corrected chi connectivity index (χ1v) is 4.38. The predicted molar refractivity (Wildman–Crippen MR) is 53.3 cm³/mol. The fraction of sp³-hybridized carbons (Fsp3) is 0.125. The molecule has 0 heterocycles. The molecule has 0 aliphatic carbocycles. The van der Waals surface area contributed by atoms with Gasteiger partial charge in [-0.05, 0) is 24.3 Å². The molecular formula is C8H9BrN2O2. The van der Waals surface area contributed by atoms with Crippen LogP contribution in [-0.2, 0) is 4.79 Å². The fourth-order valence-corrected chi connectivity index (χ4v) is 1.13. The number of aliphatic carboxylic acids is 1. The van der Waals surface area contributed by atoms with Gasteiger partial charge in [-0.15, -0.1) is 0 Å². The van der Waals surface area contributed by atoms with Crippen LogP contribution >= 0.6 is 15.9 Å². The first kappa shape index (κ1) is 10.0. The Balaban J connectivity index is 2.71. The number of halogens is 1. The number of carboxylic acids is 1. The number of nitrogens with two attached hydrogens (primary N) is 1. The molecule has 0 fully saturated rings. The largest absolute Gasteiger partial charge is 0.480 e. The highest BCUT2D eigenvalue weighted by Gasteiger charge is 2.05. The van der Waals surface area contributed by atoms with Gasteiger partial charge in [0.2, 0.25) is 0 Å². The van der Waals surface area contributed by atoms with Gasteiger partial charge in [0.25, 0.3) is 0 Å². The molecule has 0 saturated heterocycles. The molecule has 0 amide bonds. The molecular weight excluding hydrogens is 236 g/mol. The summed E-state index contributed by atoms with van der Waals surface area (Å²) < 4.78 is 0.931. The number of benzene rings is 1. The van der Waals surface area contributed by atoms with Crippen LogP contribution in [0.3, 0.4) is 0 Å². The third-order valence-electron chi connectivity index (χ3n) is 1.46. The maximum atomic E-state index is 10.3. The van der Waals surface area contributed by atoms with Crippen LogP contribution in [0.2, 0.25) is 0 Å². The van der Waals surface area contributed by atoms with E-state index in [1.165, 1.54) is 5.01 Å². The van der Waals surface area contributed by atoms with E-state index in [9.17, 15) is 4.79 Å². The standard InChI is InChI=1S/C8H9BrN2O2/c9-6-1-3-7(4-2-6)11(10)5-8(12)13/h1-4H,5,10H2,(H,12,13). The van der Waals surface area contributed by atoms with E-state index in [1.54, 1.807) is 24.3 Å². The third kappa shape index (κ3) is 3.04. The smallest absolute Gasteiger partial charge is 0.324 e. The summed E-state index contributed by atoms with van der Waals surface area (Å²) in [6, 6.07) is 7.09. The molecule has 3 N–H and O–H groups in total. The molecule has 0 bridgehead atoms. The summed E-state index contributed by atoms with van der Waals surface area (Å²) in [4.78, 5) is 10.3. The summed E-state index contributed by atoms with van der Waals surface area (Å²) in [6.45, 7) is -0.207. The van der Waals surface area contributed by atoms with Crippen molar-refractivity contribution >= 4 is 27.6 Å². The molecule has 4 nitrogen and oxygen atoms in total. The van der Waals surface area contributed by atoms with Gasteiger partial charge in [0.1, 0.15) is 6.54 Å². The second-order valence-electron chi connectivity index (χ2n) is 2.50. The van der Waals surface area contributed by atoms with Crippen molar-refractivity contribution in [2.24, 2.45) is 5.84 Å². The Morgan fingerprint density at radius 3 is 2.46 bits per heavy atom. The van der Waals surface area contributed by atoms with E-state index in [4.69, 9.17) is 10.9 Å². The number of hydrogen-bond acceptors (Lipinski definition) is 3. The Hall–Kier alpha value is -1.07. The fourth-order valence-electron chi connectivity index (χ4n) is 0.870. The summed E-state index contributed by atoms with van der Waals surface area (Å²) in [5, 5.41) is 9.64. The maximum Gasteiger partial charge on any atom is 0.324 e. The van der Waals surface area contributed by atoms with Crippen LogP contribution in [0.25, 0.3) is 0 Å².